The quantitative estimate of drug-likeness (QED) is 0.0196. The van der Waals surface area contributed by atoms with E-state index >= 15 is 0 Å². The van der Waals surface area contributed by atoms with Gasteiger partial charge in [-0.05, 0) is 70.6 Å². The Kier molecular flexibility index (Phi) is 46.0. The van der Waals surface area contributed by atoms with Crippen molar-refractivity contribution in [2.75, 3.05) is 26.4 Å². The van der Waals surface area contributed by atoms with Gasteiger partial charge in [0, 0.05) is 13.0 Å². The Bertz CT molecular complexity index is 1570. The Balaban J connectivity index is 2.34. The highest BCUT2D eigenvalue weighted by atomic mass is 32.3. The van der Waals surface area contributed by atoms with Gasteiger partial charge in [0.25, 0.3) is 0 Å². The molecular weight excluding hydrogens is 933 g/mol. The van der Waals surface area contributed by atoms with Crippen LogP contribution in [0.15, 0.2) is 85.1 Å². The SMILES string of the molecule is CC/C=C\C/C=C\C/C=C\C/C=C\C/C=C\C/C=C\C/C=C\CCCCCCOCC(COC1OC(CO)C(O)C(OS(=O)(=O)O)C1O)OC(=O)CCCCCCCCCCCCCCCCCCCCC. The number of unbranched alkanes of at least 4 members (excludes halogenated alkanes) is 22. The lowest BCUT2D eigenvalue weighted by molar-refractivity contribution is -0.301. The maximum absolute atomic E-state index is 12.9. The Morgan fingerprint density at radius 1 is 0.542 bits per heavy atom. The van der Waals surface area contributed by atoms with Crippen molar-refractivity contribution in [3.63, 3.8) is 0 Å². The molecule has 0 radical (unpaired) electrons. The molecule has 12 nitrogen and oxygen atoms in total. The summed E-state index contributed by atoms with van der Waals surface area (Å²) in [5, 5.41) is 30.8. The standard InChI is InChI=1S/C59H102O12S/c1-3-5-7-9-11-13-15-17-19-21-23-24-25-26-27-28-29-31-33-35-37-39-41-43-45-47-49-67-51-53(52-68-59-57(63)58(71-72(64,65)66)56(62)54(50-60)70-59)69-55(61)48-46-44-42-40-38-36-34-32-30-22-20-18-16-14-12-10-8-6-4-2/h5,7,11,13,17,19,23-24,26-27,29,31,35,37,53-54,56-60,62-63H,3-4,6,8-10,12,14-16,18,20-22,25,28,30,32-34,36,38-52H2,1-2H3,(H,64,65,66)/b7-5-,13-11-,19-17-,24-23-,27-26-,31-29-,37-35-. The Hall–Kier alpha value is -2.72. The van der Waals surface area contributed by atoms with Gasteiger partial charge in [-0.25, -0.2) is 4.18 Å². The molecule has 1 rings (SSSR count). The second kappa shape index (κ2) is 49.2. The van der Waals surface area contributed by atoms with E-state index in [1.165, 1.54) is 96.3 Å². The third kappa shape index (κ3) is 41.6. The Labute approximate surface area is 438 Å². The molecule has 4 N–H and O–H groups in total. The maximum Gasteiger partial charge on any atom is 0.397 e. The van der Waals surface area contributed by atoms with Crippen LogP contribution in [0.2, 0.25) is 0 Å². The summed E-state index contributed by atoms with van der Waals surface area (Å²) in [5.41, 5.74) is 0. The summed E-state index contributed by atoms with van der Waals surface area (Å²) >= 11 is 0. The average Bonchev–Trinajstić information content (AvgIpc) is 3.36. The van der Waals surface area contributed by atoms with E-state index in [2.05, 4.69) is 103 Å². The number of hydrogen-bond donors (Lipinski definition) is 4. The maximum atomic E-state index is 12.9. The number of ether oxygens (including phenoxy) is 4. The van der Waals surface area contributed by atoms with Crippen molar-refractivity contribution in [2.45, 2.75) is 256 Å². The summed E-state index contributed by atoms with van der Waals surface area (Å²) < 4.78 is 59.4. The van der Waals surface area contributed by atoms with Gasteiger partial charge >= 0.3 is 16.4 Å². The van der Waals surface area contributed by atoms with Crippen LogP contribution in [-0.2, 0) is 38.3 Å². The summed E-state index contributed by atoms with van der Waals surface area (Å²) in [6.07, 6.45) is 57.6. The van der Waals surface area contributed by atoms with Crippen molar-refractivity contribution >= 4 is 16.4 Å². The van der Waals surface area contributed by atoms with Crippen molar-refractivity contribution in [1.29, 1.82) is 0 Å². The molecule has 0 aromatic heterocycles. The van der Waals surface area contributed by atoms with Gasteiger partial charge in [-0.1, -0.05) is 227 Å². The molecule has 0 aliphatic carbocycles. The van der Waals surface area contributed by atoms with Crippen LogP contribution in [0.1, 0.15) is 219 Å². The van der Waals surface area contributed by atoms with Gasteiger partial charge in [0.2, 0.25) is 0 Å². The number of aliphatic hydroxyl groups excluding tert-OH is 3. The zero-order valence-corrected chi connectivity index (χ0v) is 45.8. The van der Waals surface area contributed by atoms with Gasteiger partial charge in [-0.2, -0.15) is 8.42 Å². The van der Waals surface area contributed by atoms with Crippen LogP contribution in [0.3, 0.4) is 0 Å². The fraction of sp³-hybridized carbons (Fsp3) is 0.746. The molecule has 1 aliphatic heterocycles. The third-order valence-corrected chi connectivity index (χ3v) is 13.0. The van der Waals surface area contributed by atoms with Gasteiger partial charge in [-0.3, -0.25) is 9.35 Å². The number of aliphatic hydroxyl groups is 3. The fourth-order valence-corrected chi connectivity index (χ4v) is 8.81. The van der Waals surface area contributed by atoms with E-state index in [1.807, 2.05) is 0 Å². The highest BCUT2D eigenvalue weighted by Gasteiger charge is 2.48. The minimum Gasteiger partial charge on any atom is -0.457 e. The first-order chi connectivity index (χ1) is 35.1. The molecule has 0 saturated carbocycles. The Morgan fingerprint density at radius 3 is 1.40 bits per heavy atom. The molecular formula is C59H102O12S. The van der Waals surface area contributed by atoms with Crippen LogP contribution >= 0.6 is 0 Å². The third-order valence-electron chi connectivity index (χ3n) is 12.5. The number of esters is 1. The largest absolute Gasteiger partial charge is 0.457 e. The van der Waals surface area contributed by atoms with E-state index in [0.717, 1.165) is 96.3 Å². The number of hydrogen-bond acceptors (Lipinski definition) is 11. The summed E-state index contributed by atoms with van der Waals surface area (Å²) in [5.74, 6) is -0.408. The van der Waals surface area contributed by atoms with Gasteiger partial charge < -0.3 is 34.3 Å². The molecule has 72 heavy (non-hydrogen) atoms. The molecule has 6 atom stereocenters. The normalized spacial score (nSPS) is 19.6. The molecule has 0 amide bonds. The molecule has 416 valence electrons. The first kappa shape index (κ1) is 67.3. The van der Waals surface area contributed by atoms with Crippen molar-refractivity contribution in [2.24, 2.45) is 0 Å². The summed E-state index contributed by atoms with van der Waals surface area (Å²) in [7, 11) is -5.07. The fourth-order valence-electron chi connectivity index (χ4n) is 8.30. The van der Waals surface area contributed by atoms with E-state index in [-0.39, 0.29) is 19.6 Å². The second-order valence-electron chi connectivity index (χ2n) is 19.2. The number of allylic oxidation sites excluding steroid dienone is 14. The predicted octanol–water partition coefficient (Wildman–Crippen LogP) is 14.0. The van der Waals surface area contributed by atoms with E-state index < -0.39 is 59.8 Å². The minimum atomic E-state index is -5.07. The lowest BCUT2D eigenvalue weighted by atomic mass is 9.99. The van der Waals surface area contributed by atoms with Crippen LogP contribution in [0.25, 0.3) is 0 Å². The van der Waals surface area contributed by atoms with E-state index in [0.29, 0.717) is 13.0 Å². The molecule has 13 heteroatoms. The summed E-state index contributed by atoms with van der Waals surface area (Å²) in [6, 6.07) is 0. The summed E-state index contributed by atoms with van der Waals surface area (Å²) in [6.45, 7) is 3.84. The zero-order valence-electron chi connectivity index (χ0n) is 45.0. The Morgan fingerprint density at radius 2 is 0.958 bits per heavy atom. The van der Waals surface area contributed by atoms with E-state index in [9.17, 15) is 33.1 Å². The van der Waals surface area contributed by atoms with Gasteiger partial charge in [0.15, 0.2) is 6.29 Å². The molecule has 1 aliphatic rings. The van der Waals surface area contributed by atoms with Crippen LogP contribution in [0, 0.1) is 0 Å². The smallest absolute Gasteiger partial charge is 0.397 e. The lowest BCUT2D eigenvalue weighted by Crippen LogP contribution is -2.60. The molecule has 1 saturated heterocycles. The van der Waals surface area contributed by atoms with Crippen LogP contribution < -0.4 is 0 Å². The van der Waals surface area contributed by atoms with E-state index in [4.69, 9.17) is 18.9 Å². The number of carbonyl (C=O) groups is 1. The number of rotatable bonds is 49. The molecule has 0 aromatic carbocycles. The second-order valence-corrected chi connectivity index (χ2v) is 20.2. The molecule has 1 fully saturated rings. The highest BCUT2D eigenvalue weighted by molar-refractivity contribution is 7.80. The lowest BCUT2D eigenvalue weighted by Gasteiger charge is -2.41. The number of carbonyl (C=O) groups excluding carboxylic acids is 1. The molecule has 0 aromatic rings. The van der Waals surface area contributed by atoms with Gasteiger partial charge in [0.1, 0.15) is 30.5 Å². The monoisotopic (exact) mass is 1030 g/mol. The van der Waals surface area contributed by atoms with Crippen LogP contribution in [0.4, 0.5) is 0 Å². The van der Waals surface area contributed by atoms with Crippen molar-refractivity contribution in [3.8, 4) is 0 Å². The van der Waals surface area contributed by atoms with Crippen molar-refractivity contribution in [1.82, 2.24) is 0 Å². The van der Waals surface area contributed by atoms with Crippen LogP contribution in [-0.4, -0.2) is 97.5 Å². The first-order valence-corrected chi connectivity index (χ1v) is 29.7. The molecule has 0 spiro atoms. The van der Waals surface area contributed by atoms with Crippen molar-refractivity contribution < 1.29 is 56.2 Å². The van der Waals surface area contributed by atoms with Crippen molar-refractivity contribution in [3.05, 3.63) is 85.1 Å². The highest BCUT2D eigenvalue weighted by Crippen LogP contribution is 2.26. The first-order valence-electron chi connectivity index (χ1n) is 28.3. The molecule has 6 unspecified atom stereocenters. The van der Waals surface area contributed by atoms with E-state index in [1.54, 1.807) is 0 Å². The van der Waals surface area contributed by atoms with Gasteiger partial charge in [-0.15, -0.1) is 0 Å². The molecule has 0 bridgehead atoms. The molecule has 1 heterocycles. The average molecular weight is 1040 g/mol. The predicted molar refractivity (Wildman–Crippen MR) is 294 cm³/mol. The summed E-state index contributed by atoms with van der Waals surface area (Å²) in [4.78, 5) is 12.9. The van der Waals surface area contributed by atoms with Gasteiger partial charge in [0.05, 0.1) is 19.8 Å². The van der Waals surface area contributed by atoms with Crippen LogP contribution in [0.5, 0.6) is 0 Å². The minimum absolute atomic E-state index is 0.0160. The topological polar surface area (TPSA) is 178 Å². The zero-order chi connectivity index (χ0) is 52.4.